The van der Waals surface area contributed by atoms with E-state index in [0.29, 0.717) is 11.3 Å². The van der Waals surface area contributed by atoms with Crippen molar-refractivity contribution in [2.24, 2.45) is 0 Å². The van der Waals surface area contributed by atoms with Gasteiger partial charge in [0, 0.05) is 16.5 Å². The average molecular weight is 360 g/mol. The Morgan fingerprint density at radius 3 is 2.29 bits per heavy atom. The molecule has 132 valence electrons. The van der Waals surface area contributed by atoms with Crippen molar-refractivity contribution in [1.82, 2.24) is 14.6 Å². The summed E-state index contributed by atoms with van der Waals surface area (Å²) in [6.07, 6.45) is 0. The number of fused-ring (bicyclic) bond motifs is 3. The fourth-order valence-electron chi connectivity index (χ4n) is 3.55. The van der Waals surface area contributed by atoms with Crippen LogP contribution in [0.5, 0.6) is 0 Å². The van der Waals surface area contributed by atoms with Crippen LogP contribution in [0.2, 0.25) is 0 Å². The van der Waals surface area contributed by atoms with Gasteiger partial charge in [0.2, 0.25) is 0 Å². The molecule has 0 N–H and O–H groups in total. The van der Waals surface area contributed by atoms with Crippen LogP contribution in [0.4, 0.5) is 0 Å². The second-order valence-corrected chi connectivity index (χ2v) is 6.78. The Morgan fingerprint density at radius 2 is 1.54 bits per heavy atom. The fraction of sp³-hybridized carbons (Fsp3) is 0.0417. The molecule has 4 heteroatoms. The number of nitrogens with zero attached hydrogens (tertiary/aromatic N) is 4. The van der Waals surface area contributed by atoms with Gasteiger partial charge in [-0.2, -0.15) is 10.4 Å². The molecule has 5 rings (SSSR count). The second-order valence-electron chi connectivity index (χ2n) is 6.78. The van der Waals surface area contributed by atoms with Gasteiger partial charge in [-0.3, -0.25) is 0 Å². The van der Waals surface area contributed by atoms with Gasteiger partial charge in [-0.1, -0.05) is 72.3 Å². The Kier molecular flexibility index (Phi) is 3.67. The van der Waals surface area contributed by atoms with Gasteiger partial charge < -0.3 is 0 Å². The molecule has 0 aliphatic carbocycles. The van der Waals surface area contributed by atoms with Crippen molar-refractivity contribution in [2.75, 3.05) is 0 Å². The lowest BCUT2D eigenvalue weighted by molar-refractivity contribution is 0.962. The Balaban J connectivity index is 1.97. The van der Waals surface area contributed by atoms with Crippen molar-refractivity contribution in [3.63, 3.8) is 0 Å². The molecule has 0 saturated heterocycles. The van der Waals surface area contributed by atoms with Gasteiger partial charge in [-0.15, -0.1) is 0 Å². The van der Waals surface area contributed by atoms with Gasteiger partial charge in [-0.05, 0) is 19.1 Å². The number of rotatable bonds is 2. The summed E-state index contributed by atoms with van der Waals surface area (Å²) < 4.78 is 1.81. The maximum absolute atomic E-state index is 10.1. The summed E-state index contributed by atoms with van der Waals surface area (Å²) in [4.78, 5) is 4.89. The quantitative estimate of drug-likeness (QED) is 0.424. The molecule has 4 nitrogen and oxygen atoms in total. The molecule has 5 aromatic rings. The highest BCUT2D eigenvalue weighted by atomic mass is 15.3. The Bertz CT molecular complexity index is 1360. The Labute approximate surface area is 162 Å². The van der Waals surface area contributed by atoms with E-state index in [1.807, 2.05) is 78.9 Å². The van der Waals surface area contributed by atoms with Gasteiger partial charge in [-0.25, -0.2) is 9.50 Å². The molecule has 0 amide bonds. The van der Waals surface area contributed by atoms with Gasteiger partial charge in [0.05, 0.1) is 16.9 Å². The number of benzene rings is 3. The van der Waals surface area contributed by atoms with E-state index in [1.165, 1.54) is 5.56 Å². The number of hydrogen-bond donors (Lipinski definition) is 0. The zero-order valence-corrected chi connectivity index (χ0v) is 15.3. The normalized spacial score (nSPS) is 11.0. The predicted octanol–water partition coefficient (Wildman–Crippen LogP) is 5.40. The van der Waals surface area contributed by atoms with Gasteiger partial charge in [0.1, 0.15) is 11.6 Å². The molecule has 0 radical (unpaired) electrons. The third kappa shape index (κ3) is 2.45. The lowest BCUT2D eigenvalue weighted by Crippen LogP contribution is -2.03. The van der Waals surface area contributed by atoms with E-state index in [0.717, 1.165) is 33.4 Å². The third-order valence-electron chi connectivity index (χ3n) is 4.94. The maximum atomic E-state index is 10.1. The lowest BCUT2D eigenvalue weighted by atomic mass is 10.00. The molecule has 2 aromatic heterocycles. The topological polar surface area (TPSA) is 54.0 Å². The zero-order valence-electron chi connectivity index (χ0n) is 15.3. The summed E-state index contributed by atoms with van der Waals surface area (Å²) in [6.45, 7) is 2.05. The Hall–Kier alpha value is -3.97. The molecule has 28 heavy (non-hydrogen) atoms. The van der Waals surface area contributed by atoms with Crippen molar-refractivity contribution in [3.05, 3.63) is 90.0 Å². The summed E-state index contributed by atoms with van der Waals surface area (Å²) in [7, 11) is 0. The molecular formula is C24H16N4. The van der Waals surface area contributed by atoms with E-state index in [9.17, 15) is 5.26 Å². The highest BCUT2D eigenvalue weighted by Gasteiger charge is 2.20. The van der Waals surface area contributed by atoms with Crippen molar-refractivity contribution in [2.45, 2.75) is 6.92 Å². The summed E-state index contributed by atoms with van der Waals surface area (Å²) in [5, 5.41) is 15.8. The molecule has 0 aliphatic heterocycles. The number of aromatic nitrogens is 3. The van der Waals surface area contributed by atoms with E-state index in [4.69, 9.17) is 10.1 Å². The van der Waals surface area contributed by atoms with Crippen molar-refractivity contribution in [1.29, 1.82) is 5.26 Å². The molecule has 0 bridgehead atoms. The summed E-state index contributed by atoms with van der Waals surface area (Å²) in [5.41, 5.74) is 6.61. The van der Waals surface area contributed by atoms with Crippen LogP contribution in [0, 0.1) is 18.3 Å². The van der Waals surface area contributed by atoms with Crippen LogP contribution in [-0.2, 0) is 0 Å². The molecule has 2 heterocycles. The van der Waals surface area contributed by atoms with E-state index in [2.05, 4.69) is 13.0 Å². The van der Waals surface area contributed by atoms with E-state index in [1.54, 1.807) is 4.52 Å². The number of aryl methyl sites for hydroxylation is 1. The van der Waals surface area contributed by atoms with E-state index < -0.39 is 0 Å². The maximum Gasteiger partial charge on any atom is 0.164 e. The van der Waals surface area contributed by atoms with E-state index in [-0.39, 0.29) is 0 Å². The average Bonchev–Trinajstić information content (AvgIpc) is 3.12. The summed E-state index contributed by atoms with van der Waals surface area (Å²) >= 11 is 0. The molecule has 3 aromatic carbocycles. The monoisotopic (exact) mass is 360 g/mol. The molecule has 0 spiro atoms. The third-order valence-corrected chi connectivity index (χ3v) is 4.94. The summed E-state index contributed by atoms with van der Waals surface area (Å²) in [6, 6.07) is 28.3. The highest BCUT2D eigenvalue weighted by molar-refractivity contribution is 5.95. The molecule has 0 aliphatic rings. The van der Waals surface area contributed by atoms with Crippen LogP contribution in [-0.4, -0.2) is 14.6 Å². The van der Waals surface area contributed by atoms with Crippen LogP contribution >= 0.6 is 0 Å². The van der Waals surface area contributed by atoms with Crippen LogP contribution in [0.3, 0.4) is 0 Å². The minimum absolute atomic E-state index is 0.523. The van der Waals surface area contributed by atoms with Crippen molar-refractivity contribution < 1.29 is 0 Å². The minimum atomic E-state index is 0.523. The van der Waals surface area contributed by atoms with Crippen LogP contribution in [0.15, 0.2) is 78.9 Å². The van der Waals surface area contributed by atoms with Crippen LogP contribution < -0.4 is 0 Å². The van der Waals surface area contributed by atoms with Crippen molar-refractivity contribution in [3.8, 4) is 28.6 Å². The largest absolute Gasteiger partial charge is 0.226 e. The van der Waals surface area contributed by atoms with Gasteiger partial charge in [0.25, 0.3) is 0 Å². The molecule has 0 fully saturated rings. The first-order valence-corrected chi connectivity index (χ1v) is 9.10. The molecule has 0 saturated carbocycles. The van der Waals surface area contributed by atoms with Crippen LogP contribution in [0.25, 0.3) is 39.1 Å². The highest BCUT2D eigenvalue weighted by Crippen LogP contribution is 2.33. The zero-order chi connectivity index (χ0) is 19.1. The second kappa shape index (κ2) is 6.33. The first-order valence-electron chi connectivity index (χ1n) is 9.10. The first kappa shape index (κ1) is 16.2. The lowest BCUT2D eigenvalue weighted by Gasteiger charge is -2.12. The first-order chi connectivity index (χ1) is 13.8. The van der Waals surface area contributed by atoms with Crippen molar-refractivity contribution >= 4 is 16.6 Å². The summed E-state index contributed by atoms with van der Waals surface area (Å²) in [5.74, 6) is 0. The van der Waals surface area contributed by atoms with Crippen LogP contribution in [0.1, 0.15) is 11.1 Å². The predicted molar refractivity (Wildman–Crippen MR) is 111 cm³/mol. The number of hydrogen-bond acceptors (Lipinski definition) is 3. The molecular weight excluding hydrogens is 344 g/mol. The Morgan fingerprint density at radius 1 is 0.821 bits per heavy atom. The SMILES string of the molecule is Cc1ccc(-c2c(C#N)c(-c3ccccc3)nc3c4ccccc4nn23)cc1. The molecule has 0 unspecified atom stereocenters. The molecule has 0 atom stereocenters. The fourth-order valence-corrected chi connectivity index (χ4v) is 3.55. The smallest absolute Gasteiger partial charge is 0.164 e. The van der Waals surface area contributed by atoms with Gasteiger partial charge >= 0.3 is 0 Å². The minimum Gasteiger partial charge on any atom is -0.226 e. The van der Waals surface area contributed by atoms with E-state index >= 15 is 0 Å². The standard InChI is InChI=1S/C24H16N4/c1-16-11-13-18(14-12-16)23-20(15-25)22(17-7-3-2-4-8-17)26-24-19-9-5-6-10-21(19)27-28(23)24/h2-14H,1H3. The van der Waals surface area contributed by atoms with Gasteiger partial charge in [0.15, 0.2) is 5.65 Å². The number of nitriles is 1.